The molecular weight excluding hydrogens is 243 g/mol. The van der Waals surface area contributed by atoms with Gasteiger partial charge >= 0.3 is 0 Å². The number of halogens is 1. The summed E-state index contributed by atoms with van der Waals surface area (Å²) in [5, 5.41) is 9.38. The second-order valence-electron chi connectivity index (χ2n) is 5.04. The maximum atomic E-state index is 13.7. The number of hydrogen-bond acceptors (Lipinski definition) is 2. The summed E-state index contributed by atoms with van der Waals surface area (Å²) in [5.74, 6) is 0.878. The van der Waals surface area contributed by atoms with Crippen molar-refractivity contribution < 1.29 is 9.50 Å². The van der Waals surface area contributed by atoms with Gasteiger partial charge in [0, 0.05) is 30.8 Å². The molecule has 1 aliphatic rings. The minimum absolute atomic E-state index is 0.158. The highest BCUT2D eigenvalue weighted by atomic mass is 19.1. The van der Waals surface area contributed by atoms with Crippen molar-refractivity contribution in [3.63, 3.8) is 0 Å². The SMILES string of the molecule is OCC1CCCn2c1cnc2Cc1ccccc1F. The highest BCUT2D eigenvalue weighted by molar-refractivity contribution is 5.23. The zero-order valence-corrected chi connectivity index (χ0v) is 10.7. The summed E-state index contributed by atoms with van der Waals surface area (Å²) >= 11 is 0. The molecule has 0 amide bonds. The predicted molar refractivity (Wildman–Crippen MR) is 70.5 cm³/mol. The number of aliphatic hydroxyl groups is 1. The molecule has 3 nitrogen and oxygen atoms in total. The van der Waals surface area contributed by atoms with Crippen LogP contribution in [-0.2, 0) is 13.0 Å². The number of benzene rings is 1. The van der Waals surface area contributed by atoms with Gasteiger partial charge in [-0.15, -0.1) is 0 Å². The fourth-order valence-electron chi connectivity index (χ4n) is 2.79. The third-order valence-electron chi connectivity index (χ3n) is 3.85. The first-order valence-corrected chi connectivity index (χ1v) is 6.68. The van der Waals surface area contributed by atoms with Crippen LogP contribution < -0.4 is 0 Å². The first-order valence-electron chi connectivity index (χ1n) is 6.68. The first-order chi connectivity index (χ1) is 9.29. The summed E-state index contributed by atoms with van der Waals surface area (Å²) in [6, 6.07) is 6.81. The van der Waals surface area contributed by atoms with Crippen LogP contribution in [0.2, 0.25) is 0 Å². The van der Waals surface area contributed by atoms with E-state index in [4.69, 9.17) is 0 Å². The van der Waals surface area contributed by atoms with Crippen LogP contribution in [-0.4, -0.2) is 21.3 Å². The van der Waals surface area contributed by atoms with Gasteiger partial charge in [0.25, 0.3) is 0 Å². The Labute approximate surface area is 111 Å². The van der Waals surface area contributed by atoms with E-state index in [0.29, 0.717) is 12.0 Å². The Morgan fingerprint density at radius 1 is 1.37 bits per heavy atom. The predicted octanol–water partition coefficient (Wildman–Crippen LogP) is 2.48. The Kier molecular flexibility index (Phi) is 3.34. The van der Waals surface area contributed by atoms with Crippen LogP contribution in [0, 0.1) is 5.82 Å². The van der Waals surface area contributed by atoms with Gasteiger partial charge in [0.2, 0.25) is 0 Å². The molecule has 2 aromatic rings. The Balaban J connectivity index is 1.91. The second kappa shape index (κ2) is 5.13. The largest absolute Gasteiger partial charge is 0.396 e. The number of nitrogens with zero attached hydrogens (tertiary/aromatic N) is 2. The van der Waals surface area contributed by atoms with Crippen molar-refractivity contribution in [2.24, 2.45) is 0 Å². The summed E-state index contributed by atoms with van der Waals surface area (Å²) in [6.07, 6.45) is 4.38. The van der Waals surface area contributed by atoms with Crippen LogP contribution in [0.15, 0.2) is 30.5 Å². The Bertz CT molecular complexity index is 579. The molecule has 0 radical (unpaired) electrons. The molecule has 1 aromatic heterocycles. The van der Waals surface area contributed by atoms with Gasteiger partial charge in [-0.2, -0.15) is 0 Å². The molecule has 0 aliphatic carbocycles. The number of fused-ring (bicyclic) bond motifs is 1. The van der Waals surface area contributed by atoms with Crippen molar-refractivity contribution >= 4 is 0 Å². The van der Waals surface area contributed by atoms with E-state index in [9.17, 15) is 9.50 Å². The van der Waals surface area contributed by atoms with Gasteiger partial charge in [0.1, 0.15) is 11.6 Å². The summed E-state index contributed by atoms with van der Waals surface area (Å²) in [7, 11) is 0. The van der Waals surface area contributed by atoms with Crippen molar-refractivity contribution in [1.29, 1.82) is 0 Å². The topological polar surface area (TPSA) is 38.0 Å². The molecule has 0 saturated carbocycles. The standard InChI is InChI=1S/C15H17FN2O/c16-13-6-2-1-4-11(13)8-15-17-9-14-12(10-19)5-3-7-18(14)15/h1-2,4,6,9,12,19H,3,5,7-8,10H2. The molecule has 2 heterocycles. The van der Waals surface area contributed by atoms with E-state index < -0.39 is 0 Å². The van der Waals surface area contributed by atoms with Crippen LogP contribution in [0.25, 0.3) is 0 Å². The summed E-state index contributed by atoms with van der Waals surface area (Å²) in [5.41, 5.74) is 1.75. The van der Waals surface area contributed by atoms with Crippen molar-refractivity contribution in [1.82, 2.24) is 9.55 Å². The van der Waals surface area contributed by atoms with Gasteiger partial charge < -0.3 is 9.67 Å². The quantitative estimate of drug-likeness (QED) is 0.920. The van der Waals surface area contributed by atoms with Crippen LogP contribution >= 0.6 is 0 Å². The van der Waals surface area contributed by atoms with E-state index in [2.05, 4.69) is 9.55 Å². The molecule has 1 unspecified atom stereocenters. The van der Waals surface area contributed by atoms with E-state index in [-0.39, 0.29) is 18.3 Å². The van der Waals surface area contributed by atoms with E-state index in [1.165, 1.54) is 6.07 Å². The highest BCUT2D eigenvalue weighted by Crippen LogP contribution is 2.28. The molecule has 1 N–H and O–H groups in total. The van der Waals surface area contributed by atoms with E-state index in [1.807, 2.05) is 12.3 Å². The molecule has 1 aromatic carbocycles. The van der Waals surface area contributed by atoms with Crippen molar-refractivity contribution in [3.8, 4) is 0 Å². The summed E-state index contributed by atoms with van der Waals surface area (Å²) in [4.78, 5) is 4.42. The molecule has 0 fully saturated rings. The minimum Gasteiger partial charge on any atom is -0.396 e. The Hall–Kier alpha value is -1.68. The zero-order chi connectivity index (χ0) is 13.2. The van der Waals surface area contributed by atoms with Crippen LogP contribution in [0.1, 0.15) is 35.8 Å². The molecule has 4 heteroatoms. The first kappa shape index (κ1) is 12.4. The van der Waals surface area contributed by atoms with Gasteiger partial charge in [-0.25, -0.2) is 9.37 Å². The molecular formula is C15H17FN2O. The van der Waals surface area contributed by atoms with E-state index in [1.54, 1.807) is 12.1 Å². The fourth-order valence-corrected chi connectivity index (χ4v) is 2.79. The molecule has 0 spiro atoms. The lowest BCUT2D eigenvalue weighted by Gasteiger charge is -2.23. The molecule has 1 aliphatic heterocycles. The van der Waals surface area contributed by atoms with Crippen LogP contribution in [0.4, 0.5) is 4.39 Å². The molecule has 1 atom stereocenters. The maximum absolute atomic E-state index is 13.7. The van der Waals surface area contributed by atoms with Crippen LogP contribution in [0.5, 0.6) is 0 Å². The number of imidazole rings is 1. The normalized spacial score (nSPS) is 18.3. The van der Waals surface area contributed by atoms with Gasteiger partial charge in [0.15, 0.2) is 0 Å². The highest BCUT2D eigenvalue weighted by Gasteiger charge is 2.22. The van der Waals surface area contributed by atoms with Crippen molar-refractivity contribution in [2.75, 3.05) is 6.61 Å². The number of hydrogen-bond donors (Lipinski definition) is 1. The molecule has 100 valence electrons. The molecule has 0 bridgehead atoms. The van der Waals surface area contributed by atoms with Gasteiger partial charge in [0.05, 0.1) is 6.61 Å². The van der Waals surface area contributed by atoms with Crippen molar-refractivity contribution in [3.05, 3.63) is 53.4 Å². The molecule has 0 saturated heterocycles. The summed E-state index contributed by atoms with van der Waals surface area (Å²) in [6.45, 7) is 1.07. The number of rotatable bonds is 3. The lowest BCUT2D eigenvalue weighted by molar-refractivity contribution is 0.240. The molecule has 19 heavy (non-hydrogen) atoms. The lowest BCUT2D eigenvalue weighted by atomic mass is 9.97. The van der Waals surface area contributed by atoms with Gasteiger partial charge in [-0.05, 0) is 24.5 Å². The fraction of sp³-hybridized carbons (Fsp3) is 0.400. The number of aliphatic hydroxyl groups excluding tert-OH is 1. The van der Waals surface area contributed by atoms with Gasteiger partial charge in [-0.1, -0.05) is 18.2 Å². The monoisotopic (exact) mass is 260 g/mol. The number of aromatic nitrogens is 2. The second-order valence-corrected chi connectivity index (χ2v) is 5.04. The average Bonchev–Trinajstić information content (AvgIpc) is 2.84. The molecule has 3 rings (SSSR count). The summed E-state index contributed by atoms with van der Waals surface area (Å²) < 4.78 is 15.8. The van der Waals surface area contributed by atoms with E-state index >= 15 is 0 Å². The van der Waals surface area contributed by atoms with Crippen LogP contribution in [0.3, 0.4) is 0 Å². The smallest absolute Gasteiger partial charge is 0.126 e. The third kappa shape index (κ3) is 2.28. The lowest BCUT2D eigenvalue weighted by Crippen LogP contribution is -2.19. The van der Waals surface area contributed by atoms with E-state index in [0.717, 1.165) is 30.9 Å². The maximum Gasteiger partial charge on any atom is 0.126 e. The Morgan fingerprint density at radius 3 is 3.00 bits per heavy atom. The minimum atomic E-state index is -0.186. The van der Waals surface area contributed by atoms with Gasteiger partial charge in [-0.3, -0.25) is 0 Å². The van der Waals surface area contributed by atoms with Crippen molar-refractivity contribution in [2.45, 2.75) is 31.7 Å². The third-order valence-corrected chi connectivity index (χ3v) is 3.85. The Morgan fingerprint density at radius 2 is 2.21 bits per heavy atom. The average molecular weight is 260 g/mol. The zero-order valence-electron chi connectivity index (χ0n) is 10.7.